The number of anilines is 2. The first-order valence-electron chi connectivity index (χ1n) is 5.30. The summed E-state index contributed by atoms with van der Waals surface area (Å²) < 4.78 is 38.5. The first-order valence-corrected chi connectivity index (χ1v) is 5.30. The highest BCUT2D eigenvalue weighted by Gasteiger charge is 2.34. The molecule has 98 valence electrons. The highest BCUT2D eigenvalue weighted by molar-refractivity contribution is 6.00. The molecule has 0 fully saturated rings. The van der Waals surface area contributed by atoms with Gasteiger partial charge in [0.1, 0.15) is 0 Å². The number of aliphatic hydroxyl groups excluding tert-OH is 1. The van der Waals surface area contributed by atoms with Gasteiger partial charge in [-0.15, -0.1) is 0 Å². The van der Waals surface area contributed by atoms with Gasteiger partial charge in [-0.3, -0.25) is 4.79 Å². The van der Waals surface area contributed by atoms with Gasteiger partial charge in [0, 0.05) is 6.61 Å². The summed E-state index contributed by atoms with van der Waals surface area (Å²) >= 11 is 0. The lowest BCUT2D eigenvalue weighted by Crippen LogP contribution is -2.28. The minimum Gasteiger partial charge on any atom is -0.396 e. The molecule has 4 nitrogen and oxygen atoms in total. The largest absolute Gasteiger partial charge is 0.416 e. The van der Waals surface area contributed by atoms with Gasteiger partial charge in [-0.2, -0.15) is 13.2 Å². The second kappa shape index (κ2) is 4.49. The van der Waals surface area contributed by atoms with Crippen molar-refractivity contribution in [3.63, 3.8) is 0 Å². The number of halogens is 3. The molecule has 7 heteroatoms. The lowest BCUT2D eigenvalue weighted by Gasteiger charge is -2.22. The Morgan fingerprint density at radius 2 is 2.00 bits per heavy atom. The van der Waals surface area contributed by atoms with Crippen molar-refractivity contribution in [3.8, 4) is 0 Å². The molecule has 0 aromatic heterocycles. The van der Waals surface area contributed by atoms with Crippen molar-refractivity contribution in [2.75, 3.05) is 23.8 Å². The topological polar surface area (TPSA) is 61.4 Å². The van der Waals surface area contributed by atoms with Crippen LogP contribution < -0.4 is 10.6 Å². The number of nitrogens with one attached hydrogen (secondary N) is 2. The molecule has 0 saturated heterocycles. The van der Waals surface area contributed by atoms with Crippen LogP contribution in [0.4, 0.5) is 24.5 Å². The van der Waals surface area contributed by atoms with Crippen LogP contribution in [0.3, 0.4) is 0 Å². The SMILES string of the molecule is O=C1CNc2cc(CCO)c(C(F)(F)F)cc2N1. The number of hydrogen-bond donors (Lipinski definition) is 3. The average Bonchev–Trinajstić information content (AvgIpc) is 2.27. The summed E-state index contributed by atoms with van der Waals surface area (Å²) in [5.41, 5.74) is -0.280. The Kier molecular flexibility index (Phi) is 3.16. The molecule has 1 aromatic carbocycles. The molecule has 0 radical (unpaired) electrons. The average molecular weight is 260 g/mol. The van der Waals surface area contributed by atoms with Crippen molar-refractivity contribution in [1.82, 2.24) is 0 Å². The lowest BCUT2D eigenvalue weighted by molar-refractivity contribution is -0.138. The van der Waals surface area contributed by atoms with Gasteiger partial charge in [-0.25, -0.2) is 0 Å². The Hall–Kier alpha value is -1.76. The molecule has 0 unspecified atom stereocenters. The van der Waals surface area contributed by atoms with Gasteiger partial charge in [0.2, 0.25) is 5.91 Å². The normalized spacial score (nSPS) is 14.8. The number of hydrogen-bond acceptors (Lipinski definition) is 3. The van der Waals surface area contributed by atoms with E-state index in [-0.39, 0.29) is 36.7 Å². The molecule has 1 heterocycles. The van der Waals surface area contributed by atoms with Gasteiger partial charge in [0.25, 0.3) is 0 Å². The molecule has 18 heavy (non-hydrogen) atoms. The quantitative estimate of drug-likeness (QED) is 0.757. The molecule has 1 aliphatic heterocycles. The number of alkyl halides is 3. The van der Waals surface area contributed by atoms with E-state index >= 15 is 0 Å². The van der Waals surface area contributed by atoms with Gasteiger partial charge >= 0.3 is 6.18 Å². The molecule has 3 N–H and O–H groups in total. The Bertz CT molecular complexity index is 486. The van der Waals surface area contributed by atoms with E-state index in [1.54, 1.807) is 0 Å². The fraction of sp³-hybridized carbons (Fsp3) is 0.364. The van der Waals surface area contributed by atoms with Gasteiger partial charge in [-0.05, 0) is 24.1 Å². The molecular weight excluding hydrogens is 249 g/mol. The third-order valence-electron chi connectivity index (χ3n) is 2.64. The predicted molar refractivity (Wildman–Crippen MR) is 59.4 cm³/mol. The Morgan fingerprint density at radius 3 is 2.61 bits per heavy atom. The number of fused-ring (bicyclic) bond motifs is 1. The Morgan fingerprint density at radius 1 is 1.28 bits per heavy atom. The number of carbonyl (C=O) groups is 1. The van der Waals surface area contributed by atoms with Crippen molar-refractivity contribution in [2.24, 2.45) is 0 Å². The van der Waals surface area contributed by atoms with E-state index in [0.717, 1.165) is 6.07 Å². The van der Waals surface area contributed by atoms with Crippen molar-refractivity contribution in [3.05, 3.63) is 23.3 Å². The molecule has 0 bridgehead atoms. The number of benzene rings is 1. The number of rotatable bonds is 2. The van der Waals surface area contributed by atoms with E-state index in [1.165, 1.54) is 6.07 Å². The molecule has 1 amide bonds. The van der Waals surface area contributed by atoms with E-state index in [4.69, 9.17) is 5.11 Å². The third-order valence-corrected chi connectivity index (χ3v) is 2.64. The summed E-state index contributed by atoms with van der Waals surface area (Å²) in [6.07, 6.45) is -4.60. The molecule has 0 saturated carbocycles. The van der Waals surface area contributed by atoms with Crippen molar-refractivity contribution < 1.29 is 23.1 Å². The summed E-state index contributed by atoms with van der Waals surface area (Å²) in [5, 5.41) is 13.9. The van der Waals surface area contributed by atoms with Crippen LogP contribution in [-0.4, -0.2) is 24.2 Å². The number of carbonyl (C=O) groups excluding carboxylic acids is 1. The summed E-state index contributed by atoms with van der Waals surface area (Å²) in [7, 11) is 0. The van der Waals surface area contributed by atoms with E-state index in [1.807, 2.05) is 0 Å². The van der Waals surface area contributed by atoms with Crippen LogP contribution in [-0.2, 0) is 17.4 Å². The van der Waals surface area contributed by atoms with Gasteiger partial charge in [-0.1, -0.05) is 0 Å². The van der Waals surface area contributed by atoms with E-state index < -0.39 is 11.7 Å². The smallest absolute Gasteiger partial charge is 0.396 e. The zero-order valence-corrected chi connectivity index (χ0v) is 9.27. The predicted octanol–water partition coefficient (Wildman–Crippen LogP) is 1.60. The minimum atomic E-state index is -4.51. The summed E-state index contributed by atoms with van der Waals surface area (Å²) in [6, 6.07) is 2.21. The maximum Gasteiger partial charge on any atom is 0.416 e. The molecule has 1 aliphatic rings. The van der Waals surface area contributed by atoms with Crippen molar-refractivity contribution in [1.29, 1.82) is 0 Å². The first kappa shape index (κ1) is 12.7. The Labute approximate surface area is 101 Å². The van der Waals surface area contributed by atoms with E-state index in [9.17, 15) is 18.0 Å². The van der Waals surface area contributed by atoms with Crippen LogP contribution in [0.5, 0.6) is 0 Å². The fourth-order valence-corrected chi connectivity index (χ4v) is 1.86. The number of amides is 1. The monoisotopic (exact) mass is 260 g/mol. The van der Waals surface area contributed by atoms with Gasteiger partial charge < -0.3 is 15.7 Å². The molecule has 0 atom stereocenters. The molecule has 0 spiro atoms. The minimum absolute atomic E-state index is 0.00685. The summed E-state index contributed by atoms with van der Waals surface area (Å²) in [4.78, 5) is 11.1. The van der Waals surface area contributed by atoms with E-state index in [2.05, 4.69) is 10.6 Å². The summed E-state index contributed by atoms with van der Waals surface area (Å²) in [6.45, 7) is -0.342. The second-order valence-corrected chi connectivity index (χ2v) is 3.93. The molecule has 1 aromatic rings. The number of aliphatic hydroxyl groups is 1. The third kappa shape index (κ3) is 2.40. The van der Waals surface area contributed by atoms with Crippen molar-refractivity contribution >= 4 is 17.3 Å². The van der Waals surface area contributed by atoms with Crippen LogP contribution >= 0.6 is 0 Å². The molecular formula is C11H11F3N2O2. The highest BCUT2D eigenvalue weighted by Crippen LogP contribution is 2.38. The van der Waals surface area contributed by atoms with Crippen LogP contribution in [0.1, 0.15) is 11.1 Å². The molecule has 2 rings (SSSR count). The zero-order valence-electron chi connectivity index (χ0n) is 9.27. The van der Waals surface area contributed by atoms with Gasteiger partial charge in [0.05, 0.1) is 23.5 Å². The maximum atomic E-state index is 12.8. The van der Waals surface area contributed by atoms with Crippen LogP contribution in [0, 0.1) is 0 Å². The zero-order chi connectivity index (χ0) is 13.3. The standard InChI is InChI=1S/C11H11F3N2O2/c12-11(13,14)7-4-9-8(3-6(7)1-2-17)15-5-10(18)16-9/h3-4,15,17H,1-2,5H2,(H,16,18). The van der Waals surface area contributed by atoms with Gasteiger partial charge in [0.15, 0.2) is 0 Å². The summed E-state index contributed by atoms with van der Waals surface area (Å²) in [5.74, 6) is -0.384. The highest BCUT2D eigenvalue weighted by atomic mass is 19.4. The first-order chi connectivity index (χ1) is 8.41. The molecule has 0 aliphatic carbocycles. The van der Waals surface area contributed by atoms with Crippen LogP contribution in [0.2, 0.25) is 0 Å². The van der Waals surface area contributed by atoms with E-state index in [0.29, 0.717) is 5.69 Å². The Balaban J connectivity index is 2.50. The van der Waals surface area contributed by atoms with Crippen molar-refractivity contribution in [2.45, 2.75) is 12.6 Å². The van der Waals surface area contributed by atoms with Crippen LogP contribution in [0.25, 0.3) is 0 Å². The maximum absolute atomic E-state index is 12.8. The fourth-order valence-electron chi connectivity index (χ4n) is 1.86. The lowest BCUT2D eigenvalue weighted by atomic mass is 10.0. The second-order valence-electron chi connectivity index (χ2n) is 3.93. The van der Waals surface area contributed by atoms with Crippen LogP contribution in [0.15, 0.2) is 12.1 Å².